The molecule has 4 heteroatoms. The molecule has 1 saturated heterocycles. The summed E-state index contributed by atoms with van der Waals surface area (Å²) in [7, 11) is 0. The van der Waals surface area contributed by atoms with Crippen LogP contribution in [0.5, 0.6) is 11.5 Å². The van der Waals surface area contributed by atoms with Crippen molar-refractivity contribution < 1.29 is 9.47 Å². The minimum absolute atomic E-state index is 0.585. The van der Waals surface area contributed by atoms with Crippen molar-refractivity contribution in [3.63, 3.8) is 0 Å². The number of halogens is 1. The van der Waals surface area contributed by atoms with Crippen LogP contribution in [0.15, 0.2) is 16.6 Å². The molecule has 3 nitrogen and oxygen atoms in total. The molecule has 0 bridgehead atoms. The summed E-state index contributed by atoms with van der Waals surface area (Å²) in [5.41, 5.74) is 1.26. The first-order chi connectivity index (χ1) is 8.84. The summed E-state index contributed by atoms with van der Waals surface area (Å²) in [6.07, 6.45) is 4.51. The van der Waals surface area contributed by atoms with Crippen LogP contribution >= 0.6 is 15.9 Å². The third-order valence-corrected chi connectivity index (χ3v) is 4.18. The van der Waals surface area contributed by atoms with Gasteiger partial charge in [-0.15, -0.1) is 0 Å². The van der Waals surface area contributed by atoms with Crippen LogP contribution in [-0.4, -0.2) is 25.8 Å². The maximum atomic E-state index is 5.89. The minimum atomic E-state index is 0.585. The van der Waals surface area contributed by atoms with Crippen molar-refractivity contribution in [3.05, 3.63) is 22.2 Å². The van der Waals surface area contributed by atoms with Crippen molar-refractivity contribution in [3.8, 4) is 11.5 Å². The van der Waals surface area contributed by atoms with Crippen LogP contribution in [-0.2, 0) is 6.42 Å². The lowest BCUT2D eigenvalue weighted by Gasteiger charge is -2.16. The number of hydrogen-bond donors (Lipinski definition) is 1. The molecule has 0 aromatic heterocycles. The first-order valence-electron chi connectivity index (χ1n) is 6.65. The van der Waals surface area contributed by atoms with Crippen LogP contribution in [0, 0.1) is 0 Å². The van der Waals surface area contributed by atoms with Gasteiger partial charge in [0.1, 0.15) is 0 Å². The third-order valence-electron chi connectivity index (χ3n) is 3.56. The van der Waals surface area contributed by atoms with E-state index in [-0.39, 0.29) is 0 Å². The molecule has 2 aliphatic heterocycles. The number of ether oxygens (including phenoxy) is 2. The second-order valence-corrected chi connectivity index (χ2v) is 5.77. The van der Waals surface area contributed by atoms with Crippen LogP contribution in [0.2, 0.25) is 0 Å². The van der Waals surface area contributed by atoms with Gasteiger partial charge in [-0.2, -0.15) is 0 Å². The number of rotatable bonds is 2. The minimum Gasteiger partial charge on any atom is -0.489 e. The summed E-state index contributed by atoms with van der Waals surface area (Å²) in [6, 6.07) is 4.80. The van der Waals surface area contributed by atoms with Crippen molar-refractivity contribution >= 4 is 15.9 Å². The SMILES string of the molecule is Brc1ccc(CC2CCCN2)c2c1OCCCO2. The van der Waals surface area contributed by atoms with E-state index in [1.807, 2.05) is 0 Å². The molecular formula is C14H18BrNO2. The van der Waals surface area contributed by atoms with Crippen molar-refractivity contribution in [1.82, 2.24) is 5.32 Å². The monoisotopic (exact) mass is 311 g/mol. The average molecular weight is 312 g/mol. The average Bonchev–Trinajstić information content (AvgIpc) is 2.74. The van der Waals surface area contributed by atoms with Crippen molar-refractivity contribution in [2.75, 3.05) is 19.8 Å². The largest absolute Gasteiger partial charge is 0.489 e. The van der Waals surface area contributed by atoms with Gasteiger partial charge in [0.05, 0.1) is 17.7 Å². The highest BCUT2D eigenvalue weighted by molar-refractivity contribution is 9.10. The molecule has 1 fully saturated rings. The van der Waals surface area contributed by atoms with Gasteiger partial charge < -0.3 is 14.8 Å². The number of nitrogens with one attached hydrogen (secondary N) is 1. The first-order valence-corrected chi connectivity index (χ1v) is 7.44. The van der Waals surface area contributed by atoms with E-state index in [0.717, 1.165) is 48.6 Å². The van der Waals surface area contributed by atoms with E-state index in [9.17, 15) is 0 Å². The van der Waals surface area contributed by atoms with E-state index in [1.54, 1.807) is 0 Å². The highest BCUT2D eigenvalue weighted by Gasteiger charge is 2.21. The van der Waals surface area contributed by atoms with Gasteiger partial charge in [-0.3, -0.25) is 0 Å². The quantitative estimate of drug-likeness (QED) is 0.911. The maximum absolute atomic E-state index is 5.89. The molecule has 2 heterocycles. The molecule has 2 aliphatic rings. The summed E-state index contributed by atoms with van der Waals surface area (Å²) in [5.74, 6) is 1.82. The van der Waals surface area contributed by atoms with E-state index in [0.29, 0.717) is 6.04 Å². The van der Waals surface area contributed by atoms with Gasteiger partial charge in [-0.1, -0.05) is 6.07 Å². The fourth-order valence-electron chi connectivity index (χ4n) is 2.64. The predicted octanol–water partition coefficient (Wildman–Crippen LogP) is 2.90. The molecule has 0 saturated carbocycles. The Hall–Kier alpha value is -0.740. The van der Waals surface area contributed by atoms with Gasteiger partial charge in [0, 0.05) is 12.5 Å². The Morgan fingerprint density at radius 2 is 2.00 bits per heavy atom. The molecule has 0 amide bonds. The molecule has 1 unspecified atom stereocenters. The molecule has 1 atom stereocenters. The molecule has 3 rings (SSSR count). The molecule has 1 N–H and O–H groups in total. The third kappa shape index (κ3) is 2.50. The lowest BCUT2D eigenvalue weighted by atomic mass is 10.0. The molecule has 98 valence electrons. The number of benzene rings is 1. The Kier molecular flexibility index (Phi) is 3.75. The van der Waals surface area contributed by atoms with E-state index in [2.05, 4.69) is 33.4 Å². The van der Waals surface area contributed by atoms with E-state index < -0.39 is 0 Å². The Morgan fingerprint density at radius 1 is 1.17 bits per heavy atom. The summed E-state index contributed by atoms with van der Waals surface area (Å²) in [5, 5.41) is 3.53. The zero-order chi connectivity index (χ0) is 12.4. The zero-order valence-electron chi connectivity index (χ0n) is 10.4. The van der Waals surface area contributed by atoms with Crippen LogP contribution in [0.3, 0.4) is 0 Å². The first kappa shape index (κ1) is 12.3. The number of hydrogen-bond acceptors (Lipinski definition) is 3. The fourth-order valence-corrected chi connectivity index (χ4v) is 3.06. The Bertz CT molecular complexity index is 430. The summed E-state index contributed by atoms with van der Waals surface area (Å²) in [4.78, 5) is 0. The molecular weight excluding hydrogens is 294 g/mol. The normalized spacial score (nSPS) is 22.8. The standard InChI is InChI=1S/C14H18BrNO2/c15-12-5-4-10(9-11-3-1-6-16-11)13-14(12)18-8-2-7-17-13/h4-5,11,16H,1-3,6-9H2. The Balaban J connectivity index is 1.88. The Labute approximate surface area is 116 Å². The van der Waals surface area contributed by atoms with Crippen LogP contribution in [0.4, 0.5) is 0 Å². The fraction of sp³-hybridized carbons (Fsp3) is 0.571. The summed E-state index contributed by atoms with van der Waals surface area (Å²) >= 11 is 3.54. The summed E-state index contributed by atoms with van der Waals surface area (Å²) < 4.78 is 12.7. The van der Waals surface area contributed by atoms with Gasteiger partial charge in [0.2, 0.25) is 0 Å². The van der Waals surface area contributed by atoms with Gasteiger partial charge in [-0.05, 0) is 53.4 Å². The van der Waals surface area contributed by atoms with Crippen molar-refractivity contribution in [2.24, 2.45) is 0 Å². The van der Waals surface area contributed by atoms with E-state index >= 15 is 0 Å². The van der Waals surface area contributed by atoms with E-state index in [1.165, 1.54) is 18.4 Å². The Morgan fingerprint density at radius 3 is 2.78 bits per heavy atom. The second kappa shape index (κ2) is 5.49. The van der Waals surface area contributed by atoms with E-state index in [4.69, 9.17) is 9.47 Å². The van der Waals surface area contributed by atoms with Gasteiger partial charge in [0.15, 0.2) is 11.5 Å². The molecule has 1 aromatic rings. The second-order valence-electron chi connectivity index (χ2n) is 4.91. The van der Waals surface area contributed by atoms with Gasteiger partial charge >= 0.3 is 0 Å². The maximum Gasteiger partial charge on any atom is 0.175 e. The predicted molar refractivity (Wildman–Crippen MR) is 74.5 cm³/mol. The van der Waals surface area contributed by atoms with Gasteiger partial charge in [0.25, 0.3) is 0 Å². The summed E-state index contributed by atoms with van der Waals surface area (Å²) in [6.45, 7) is 2.62. The smallest absolute Gasteiger partial charge is 0.175 e. The van der Waals surface area contributed by atoms with Crippen LogP contribution in [0.25, 0.3) is 0 Å². The zero-order valence-corrected chi connectivity index (χ0v) is 12.0. The van der Waals surface area contributed by atoms with Gasteiger partial charge in [-0.25, -0.2) is 0 Å². The van der Waals surface area contributed by atoms with Crippen LogP contribution in [0.1, 0.15) is 24.8 Å². The lowest BCUT2D eigenvalue weighted by Crippen LogP contribution is -2.23. The number of fused-ring (bicyclic) bond motifs is 1. The molecule has 1 aromatic carbocycles. The molecule has 0 radical (unpaired) electrons. The lowest BCUT2D eigenvalue weighted by molar-refractivity contribution is 0.295. The highest BCUT2D eigenvalue weighted by atomic mass is 79.9. The molecule has 0 aliphatic carbocycles. The molecule has 18 heavy (non-hydrogen) atoms. The molecule has 0 spiro atoms. The van der Waals surface area contributed by atoms with Crippen LogP contribution < -0.4 is 14.8 Å². The highest BCUT2D eigenvalue weighted by Crippen LogP contribution is 2.40. The van der Waals surface area contributed by atoms with Crippen molar-refractivity contribution in [1.29, 1.82) is 0 Å². The topological polar surface area (TPSA) is 30.5 Å². The van der Waals surface area contributed by atoms with Crippen molar-refractivity contribution in [2.45, 2.75) is 31.7 Å².